The van der Waals surface area contributed by atoms with Crippen molar-refractivity contribution in [3.05, 3.63) is 82.7 Å². The summed E-state index contributed by atoms with van der Waals surface area (Å²) >= 11 is 0. The van der Waals surface area contributed by atoms with Gasteiger partial charge in [-0.25, -0.2) is 9.37 Å². The van der Waals surface area contributed by atoms with E-state index in [0.29, 0.717) is 18.5 Å². The molecule has 30 heavy (non-hydrogen) atoms. The maximum absolute atomic E-state index is 13.5. The Morgan fingerprint density at radius 3 is 2.67 bits per heavy atom. The maximum atomic E-state index is 13.5. The highest BCUT2D eigenvalue weighted by Gasteiger charge is 2.17. The molecule has 0 bridgehead atoms. The van der Waals surface area contributed by atoms with Gasteiger partial charge in [0.15, 0.2) is 0 Å². The molecule has 0 unspecified atom stereocenters. The Morgan fingerprint density at radius 1 is 1.10 bits per heavy atom. The van der Waals surface area contributed by atoms with Gasteiger partial charge in [0.05, 0.1) is 16.6 Å². The van der Waals surface area contributed by atoms with Gasteiger partial charge in [-0.15, -0.1) is 0 Å². The number of nitrogens with one attached hydrogen (secondary N) is 1. The minimum Gasteiger partial charge on any atom is -0.352 e. The molecule has 4 aromatic rings. The van der Waals surface area contributed by atoms with Crippen molar-refractivity contribution >= 4 is 16.9 Å². The molecule has 6 heteroatoms. The summed E-state index contributed by atoms with van der Waals surface area (Å²) in [6, 6.07) is 14.7. The topological polar surface area (TPSA) is 51.9 Å². The molecule has 2 heterocycles. The number of aromatic nitrogens is 3. The highest BCUT2D eigenvalue weighted by Crippen LogP contribution is 2.22. The smallest absolute Gasteiger partial charge is 0.253 e. The van der Waals surface area contributed by atoms with Crippen LogP contribution in [0.1, 0.15) is 33.1 Å². The van der Waals surface area contributed by atoms with Gasteiger partial charge in [-0.2, -0.15) is 0 Å². The quantitative estimate of drug-likeness (QED) is 0.536. The van der Waals surface area contributed by atoms with E-state index in [1.54, 1.807) is 6.07 Å². The number of imidazole rings is 1. The van der Waals surface area contributed by atoms with E-state index < -0.39 is 0 Å². The van der Waals surface area contributed by atoms with Gasteiger partial charge in [0.1, 0.15) is 11.6 Å². The molecule has 1 N–H and O–H groups in total. The lowest BCUT2D eigenvalue weighted by Gasteiger charge is -2.11. The van der Waals surface area contributed by atoms with Crippen molar-refractivity contribution in [2.75, 3.05) is 6.54 Å². The number of carbonyl (C=O) groups excluding carboxylic acids is 1. The van der Waals surface area contributed by atoms with Crippen LogP contribution in [0.25, 0.3) is 16.7 Å². The fourth-order valence-corrected chi connectivity index (χ4v) is 3.98. The van der Waals surface area contributed by atoms with Gasteiger partial charge < -0.3 is 14.5 Å². The first-order valence-corrected chi connectivity index (χ1v) is 10.00. The molecule has 0 fully saturated rings. The summed E-state index contributed by atoms with van der Waals surface area (Å²) in [4.78, 5) is 17.4. The number of hydrogen-bond acceptors (Lipinski definition) is 2. The van der Waals surface area contributed by atoms with Crippen LogP contribution >= 0.6 is 0 Å². The largest absolute Gasteiger partial charge is 0.352 e. The summed E-state index contributed by atoms with van der Waals surface area (Å²) in [5, 5.41) is 2.99. The van der Waals surface area contributed by atoms with Gasteiger partial charge in [-0.05, 0) is 62.7 Å². The van der Waals surface area contributed by atoms with Crippen LogP contribution in [-0.2, 0) is 13.5 Å². The molecule has 1 amide bonds. The molecule has 5 nitrogen and oxygen atoms in total. The van der Waals surface area contributed by atoms with Gasteiger partial charge in [-0.1, -0.05) is 12.1 Å². The zero-order chi connectivity index (χ0) is 21.4. The highest BCUT2D eigenvalue weighted by molar-refractivity contribution is 5.96. The number of fused-ring (bicyclic) bond motifs is 1. The van der Waals surface area contributed by atoms with Crippen molar-refractivity contribution in [3.8, 4) is 5.69 Å². The molecule has 0 aliphatic heterocycles. The SMILES string of the molecule is Cc1cccc(-n2c(C)cc(C(=O)NCCc3nc4ccc(F)cc4n3C)c2C)c1. The Bertz CT molecular complexity index is 1250. The highest BCUT2D eigenvalue weighted by atomic mass is 19.1. The predicted octanol–water partition coefficient (Wildman–Crippen LogP) is 4.40. The molecule has 0 spiro atoms. The van der Waals surface area contributed by atoms with E-state index in [1.807, 2.05) is 43.7 Å². The number of halogens is 1. The predicted molar refractivity (Wildman–Crippen MR) is 117 cm³/mol. The number of benzene rings is 2. The summed E-state index contributed by atoms with van der Waals surface area (Å²) in [6.45, 7) is 6.47. The molecule has 0 radical (unpaired) electrons. The van der Waals surface area contributed by atoms with E-state index in [2.05, 4.69) is 33.9 Å². The summed E-state index contributed by atoms with van der Waals surface area (Å²) < 4.78 is 17.5. The summed E-state index contributed by atoms with van der Waals surface area (Å²) in [7, 11) is 1.86. The first-order chi connectivity index (χ1) is 14.3. The molecule has 0 saturated heterocycles. The monoisotopic (exact) mass is 404 g/mol. The fourth-order valence-electron chi connectivity index (χ4n) is 3.98. The Kier molecular flexibility index (Phi) is 5.16. The summed E-state index contributed by atoms with van der Waals surface area (Å²) in [5.41, 5.74) is 6.32. The third kappa shape index (κ3) is 3.61. The minimum atomic E-state index is -0.283. The molecule has 0 atom stereocenters. The maximum Gasteiger partial charge on any atom is 0.253 e. The number of nitrogens with zero attached hydrogens (tertiary/aromatic N) is 3. The number of hydrogen-bond donors (Lipinski definition) is 1. The van der Waals surface area contributed by atoms with E-state index in [-0.39, 0.29) is 11.7 Å². The molecule has 0 saturated carbocycles. The van der Waals surface area contributed by atoms with Crippen LogP contribution in [0.2, 0.25) is 0 Å². The molecule has 2 aromatic carbocycles. The molecule has 154 valence electrons. The van der Waals surface area contributed by atoms with Crippen molar-refractivity contribution in [2.45, 2.75) is 27.2 Å². The number of carbonyl (C=O) groups is 1. The zero-order valence-electron chi connectivity index (χ0n) is 17.7. The van der Waals surface area contributed by atoms with Gasteiger partial charge >= 0.3 is 0 Å². The zero-order valence-corrected chi connectivity index (χ0v) is 17.7. The molecule has 4 rings (SSSR count). The van der Waals surface area contributed by atoms with Crippen LogP contribution in [0.15, 0.2) is 48.5 Å². The van der Waals surface area contributed by atoms with E-state index in [9.17, 15) is 9.18 Å². The Morgan fingerprint density at radius 2 is 1.90 bits per heavy atom. The van der Waals surface area contributed by atoms with Crippen molar-refractivity contribution in [2.24, 2.45) is 7.05 Å². The molecule has 2 aromatic heterocycles. The standard InChI is InChI=1S/C24H25FN4O/c1-15-6-5-7-19(12-15)29-16(2)13-20(17(29)3)24(30)26-11-10-23-27-21-9-8-18(25)14-22(21)28(23)4/h5-9,12-14H,10-11H2,1-4H3,(H,26,30). The number of rotatable bonds is 5. The Hall–Kier alpha value is -3.41. The Labute approximate surface area is 175 Å². The molecular weight excluding hydrogens is 379 g/mol. The van der Waals surface area contributed by atoms with Gasteiger partial charge in [0.2, 0.25) is 0 Å². The number of amides is 1. The lowest BCUT2D eigenvalue weighted by molar-refractivity contribution is 0.0953. The van der Waals surface area contributed by atoms with Crippen LogP contribution in [0.5, 0.6) is 0 Å². The van der Waals surface area contributed by atoms with Crippen LogP contribution in [0.3, 0.4) is 0 Å². The summed E-state index contributed by atoms with van der Waals surface area (Å²) in [5.74, 6) is 0.419. The fraction of sp³-hybridized carbons (Fsp3) is 0.250. The summed E-state index contributed by atoms with van der Waals surface area (Å²) in [6.07, 6.45) is 0.565. The Balaban J connectivity index is 1.49. The van der Waals surface area contributed by atoms with Crippen LogP contribution in [0, 0.1) is 26.6 Å². The number of aryl methyl sites for hydroxylation is 3. The van der Waals surface area contributed by atoms with Crippen LogP contribution in [-0.4, -0.2) is 26.6 Å². The van der Waals surface area contributed by atoms with E-state index in [0.717, 1.165) is 33.9 Å². The first-order valence-electron chi connectivity index (χ1n) is 10.00. The van der Waals surface area contributed by atoms with Crippen molar-refractivity contribution in [1.82, 2.24) is 19.4 Å². The van der Waals surface area contributed by atoms with Crippen molar-refractivity contribution < 1.29 is 9.18 Å². The van der Waals surface area contributed by atoms with E-state index in [4.69, 9.17) is 0 Å². The average molecular weight is 404 g/mol. The van der Waals surface area contributed by atoms with E-state index >= 15 is 0 Å². The molecular formula is C24H25FN4O. The van der Waals surface area contributed by atoms with Crippen molar-refractivity contribution in [3.63, 3.8) is 0 Å². The third-order valence-electron chi connectivity index (χ3n) is 5.51. The van der Waals surface area contributed by atoms with Crippen LogP contribution < -0.4 is 5.32 Å². The minimum absolute atomic E-state index is 0.105. The lowest BCUT2D eigenvalue weighted by Crippen LogP contribution is -2.26. The van der Waals surface area contributed by atoms with Crippen LogP contribution in [0.4, 0.5) is 4.39 Å². The molecule has 0 aliphatic carbocycles. The first kappa shape index (κ1) is 19.9. The van der Waals surface area contributed by atoms with Gasteiger partial charge in [0.25, 0.3) is 5.91 Å². The lowest BCUT2D eigenvalue weighted by atomic mass is 10.2. The molecule has 0 aliphatic rings. The third-order valence-corrected chi connectivity index (χ3v) is 5.51. The second kappa shape index (κ2) is 7.78. The second-order valence-electron chi connectivity index (χ2n) is 7.69. The van der Waals surface area contributed by atoms with Gasteiger partial charge in [-0.3, -0.25) is 4.79 Å². The average Bonchev–Trinajstić information content (AvgIpc) is 3.18. The normalized spacial score (nSPS) is 11.2. The second-order valence-corrected chi connectivity index (χ2v) is 7.69. The van der Waals surface area contributed by atoms with E-state index in [1.165, 1.54) is 17.7 Å². The van der Waals surface area contributed by atoms with Gasteiger partial charge in [0, 0.05) is 37.1 Å². The van der Waals surface area contributed by atoms with Crippen molar-refractivity contribution in [1.29, 1.82) is 0 Å².